The zero-order valence-electron chi connectivity index (χ0n) is 12.0. The van der Waals surface area contributed by atoms with Gasteiger partial charge in [0.2, 0.25) is 0 Å². The average molecular weight is 278 g/mol. The second-order valence-electron chi connectivity index (χ2n) is 5.09. The van der Waals surface area contributed by atoms with Gasteiger partial charge >= 0.3 is 0 Å². The van der Waals surface area contributed by atoms with Gasteiger partial charge < -0.3 is 5.73 Å². The zero-order valence-corrected chi connectivity index (χ0v) is 12.0. The van der Waals surface area contributed by atoms with Gasteiger partial charge in [0.1, 0.15) is 0 Å². The lowest BCUT2D eigenvalue weighted by molar-refractivity contribution is 0.862. The van der Waals surface area contributed by atoms with Gasteiger partial charge in [-0.15, -0.1) is 0 Å². The van der Waals surface area contributed by atoms with E-state index in [0.717, 1.165) is 23.4 Å². The highest BCUT2D eigenvalue weighted by Gasteiger charge is 2.05. The van der Waals surface area contributed by atoms with Gasteiger partial charge in [0, 0.05) is 30.7 Å². The molecule has 3 rings (SSSR count). The topological polar surface area (TPSA) is 56.7 Å². The molecule has 2 aromatic heterocycles. The van der Waals surface area contributed by atoms with E-state index in [-0.39, 0.29) is 0 Å². The number of hydrogen-bond acceptors (Lipinski definition) is 3. The Balaban J connectivity index is 1.80. The molecule has 21 heavy (non-hydrogen) atoms. The molecule has 2 N–H and O–H groups in total. The average Bonchev–Trinajstić information content (AvgIpc) is 2.90. The van der Waals surface area contributed by atoms with Crippen LogP contribution in [-0.2, 0) is 13.0 Å². The summed E-state index contributed by atoms with van der Waals surface area (Å²) in [5, 5.41) is 4.49. The normalized spacial score (nSPS) is 10.8. The fourth-order valence-electron chi connectivity index (χ4n) is 2.33. The Hall–Kier alpha value is -2.46. The molecule has 0 aliphatic rings. The lowest BCUT2D eigenvalue weighted by Crippen LogP contribution is -1.96. The molecule has 106 valence electrons. The van der Waals surface area contributed by atoms with E-state index in [9.17, 15) is 0 Å². The molecular weight excluding hydrogens is 260 g/mol. The van der Waals surface area contributed by atoms with Crippen molar-refractivity contribution in [2.45, 2.75) is 19.9 Å². The minimum absolute atomic E-state index is 0.520. The molecule has 0 bridgehead atoms. The number of nitrogens with two attached hydrogens (primary N) is 1. The van der Waals surface area contributed by atoms with E-state index in [4.69, 9.17) is 5.73 Å². The molecule has 1 aromatic carbocycles. The Bertz CT molecular complexity index is 714. The van der Waals surface area contributed by atoms with Crippen LogP contribution in [0.15, 0.2) is 55.0 Å². The summed E-state index contributed by atoms with van der Waals surface area (Å²) in [5.41, 5.74) is 11.3. The van der Waals surface area contributed by atoms with Crippen molar-refractivity contribution in [1.29, 1.82) is 0 Å². The number of aromatic nitrogens is 3. The SMILES string of the molecule is Cc1nn(-c2ccc(Cc3ccncc3)cc2)cc1CN. The van der Waals surface area contributed by atoms with Crippen LogP contribution in [0.4, 0.5) is 0 Å². The van der Waals surface area contributed by atoms with Crippen LogP contribution in [0.5, 0.6) is 0 Å². The van der Waals surface area contributed by atoms with Gasteiger partial charge in [-0.05, 0) is 48.7 Å². The van der Waals surface area contributed by atoms with Gasteiger partial charge in [-0.1, -0.05) is 12.1 Å². The summed E-state index contributed by atoms with van der Waals surface area (Å²) in [6.45, 7) is 2.50. The molecule has 4 nitrogen and oxygen atoms in total. The highest BCUT2D eigenvalue weighted by Crippen LogP contribution is 2.14. The summed E-state index contributed by atoms with van der Waals surface area (Å²) in [4.78, 5) is 4.04. The third-order valence-electron chi connectivity index (χ3n) is 3.58. The summed E-state index contributed by atoms with van der Waals surface area (Å²) in [7, 11) is 0. The van der Waals surface area contributed by atoms with Crippen molar-refractivity contribution in [2.75, 3.05) is 0 Å². The van der Waals surface area contributed by atoms with E-state index in [1.54, 1.807) is 0 Å². The van der Waals surface area contributed by atoms with E-state index in [1.165, 1.54) is 11.1 Å². The first-order chi connectivity index (χ1) is 10.3. The number of hydrogen-bond donors (Lipinski definition) is 1. The smallest absolute Gasteiger partial charge is 0.0645 e. The Morgan fingerprint density at radius 3 is 2.29 bits per heavy atom. The van der Waals surface area contributed by atoms with Crippen LogP contribution in [-0.4, -0.2) is 14.8 Å². The second kappa shape index (κ2) is 5.89. The van der Waals surface area contributed by atoms with Crippen molar-refractivity contribution in [3.8, 4) is 5.69 Å². The Morgan fingerprint density at radius 1 is 1.00 bits per heavy atom. The van der Waals surface area contributed by atoms with Gasteiger partial charge in [0.15, 0.2) is 0 Å². The van der Waals surface area contributed by atoms with E-state index in [0.29, 0.717) is 6.54 Å². The van der Waals surface area contributed by atoms with Crippen LogP contribution in [0.3, 0.4) is 0 Å². The maximum absolute atomic E-state index is 5.69. The van der Waals surface area contributed by atoms with Gasteiger partial charge in [-0.3, -0.25) is 4.98 Å². The number of rotatable bonds is 4. The highest BCUT2D eigenvalue weighted by molar-refractivity contribution is 5.37. The van der Waals surface area contributed by atoms with Crippen LogP contribution in [0.1, 0.15) is 22.4 Å². The van der Waals surface area contributed by atoms with Crippen LogP contribution in [0.2, 0.25) is 0 Å². The fraction of sp³-hybridized carbons (Fsp3) is 0.176. The molecule has 3 aromatic rings. The molecule has 0 amide bonds. The Labute approximate surface area is 124 Å². The molecule has 0 atom stereocenters. The number of nitrogens with zero attached hydrogens (tertiary/aromatic N) is 3. The number of pyridine rings is 1. The molecule has 0 saturated carbocycles. The third kappa shape index (κ3) is 3.01. The highest BCUT2D eigenvalue weighted by atomic mass is 15.3. The predicted molar refractivity (Wildman–Crippen MR) is 83.2 cm³/mol. The fourth-order valence-corrected chi connectivity index (χ4v) is 2.33. The van der Waals surface area contributed by atoms with Crippen molar-refractivity contribution in [1.82, 2.24) is 14.8 Å². The second-order valence-corrected chi connectivity index (χ2v) is 5.09. The first-order valence-corrected chi connectivity index (χ1v) is 6.99. The molecule has 0 aliphatic heterocycles. The van der Waals surface area contributed by atoms with Crippen molar-refractivity contribution in [3.63, 3.8) is 0 Å². The molecule has 0 aliphatic carbocycles. The molecule has 2 heterocycles. The van der Waals surface area contributed by atoms with Crippen molar-refractivity contribution in [3.05, 3.63) is 77.4 Å². The molecule has 4 heteroatoms. The summed E-state index contributed by atoms with van der Waals surface area (Å²) in [6, 6.07) is 12.5. The summed E-state index contributed by atoms with van der Waals surface area (Å²) < 4.78 is 1.88. The van der Waals surface area contributed by atoms with E-state index in [2.05, 4.69) is 34.3 Å². The molecular formula is C17H18N4. The summed E-state index contributed by atoms with van der Waals surface area (Å²) >= 11 is 0. The summed E-state index contributed by atoms with van der Waals surface area (Å²) in [6.07, 6.45) is 6.55. The Kier molecular flexibility index (Phi) is 3.79. The quantitative estimate of drug-likeness (QED) is 0.798. The molecule has 0 spiro atoms. The number of benzene rings is 1. The van der Waals surface area contributed by atoms with E-state index in [1.807, 2.05) is 42.3 Å². The van der Waals surface area contributed by atoms with E-state index < -0.39 is 0 Å². The Morgan fingerprint density at radius 2 is 1.67 bits per heavy atom. The van der Waals surface area contributed by atoms with Gasteiger partial charge in [0.25, 0.3) is 0 Å². The molecule has 0 fully saturated rings. The van der Waals surface area contributed by atoms with Gasteiger partial charge in [-0.2, -0.15) is 5.10 Å². The molecule has 0 radical (unpaired) electrons. The first kappa shape index (κ1) is 13.5. The lowest BCUT2D eigenvalue weighted by Gasteiger charge is -2.04. The summed E-state index contributed by atoms with van der Waals surface area (Å²) in [5.74, 6) is 0. The lowest BCUT2D eigenvalue weighted by atomic mass is 10.1. The van der Waals surface area contributed by atoms with Gasteiger partial charge in [-0.25, -0.2) is 4.68 Å². The monoisotopic (exact) mass is 278 g/mol. The molecule has 0 unspecified atom stereocenters. The number of aryl methyl sites for hydroxylation is 1. The predicted octanol–water partition coefficient (Wildman–Crippen LogP) is 2.63. The van der Waals surface area contributed by atoms with Crippen molar-refractivity contribution >= 4 is 0 Å². The largest absolute Gasteiger partial charge is 0.326 e. The maximum atomic E-state index is 5.69. The third-order valence-corrected chi connectivity index (χ3v) is 3.58. The first-order valence-electron chi connectivity index (χ1n) is 6.99. The van der Waals surface area contributed by atoms with Crippen LogP contribution >= 0.6 is 0 Å². The maximum Gasteiger partial charge on any atom is 0.0645 e. The molecule has 0 saturated heterocycles. The standard InChI is InChI=1S/C17H18N4/c1-13-16(11-18)12-21(20-13)17-4-2-14(3-5-17)10-15-6-8-19-9-7-15/h2-9,12H,10-11,18H2,1H3. The minimum atomic E-state index is 0.520. The van der Waals surface area contributed by atoms with Gasteiger partial charge in [0.05, 0.1) is 11.4 Å². The van der Waals surface area contributed by atoms with Crippen molar-refractivity contribution in [2.24, 2.45) is 5.73 Å². The van der Waals surface area contributed by atoms with E-state index >= 15 is 0 Å². The van der Waals surface area contributed by atoms with Crippen molar-refractivity contribution < 1.29 is 0 Å². The van der Waals surface area contributed by atoms with Crippen LogP contribution in [0.25, 0.3) is 5.69 Å². The zero-order chi connectivity index (χ0) is 14.7. The van der Waals surface area contributed by atoms with Crippen LogP contribution < -0.4 is 5.73 Å². The van der Waals surface area contributed by atoms with Crippen LogP contribution in [0, 0.1) is 6.92 Å². The minimum Gasteiger partial charge on any atom is -0.326 e.